The number of hydrogen-bond acceptors (Lipinski definition) is 2. The number of carbonyl (C=O) groups is 1. The molecule has 0 bridgehead atoms. The Morgan fingerprint density at radius 3 is 2.71 bits per heavy atom. The number of amides is 1. The van der Waals surface area contributed by atoms with Gasteiger partial charge in [0.15, 0.2) is 0 Å². The Hall–Kier alpha value is -2.55. The summed E-state index contributed by atoms with van der Waals surface area (Å²) in [6.07, 6.45) is 5.39. The van der Waals surface area contributed by atoms with Crippen LogP contribution in [0, 0.1) is 0 Å². The van der Waals surface area contributed by atoms with Gasteiger partial charge in [0.1, 0.15) is 5.75 Å². The van der Waals surface area contributed by atoms with E-state index >= 15 is 0 Å². The fourth-order valence-corrected chi connectivity index (χ4v) is 2.91. The molecule has 0 atom stereocenters. The van der Waals surface area contributed by atoms with Gasteiger partial charge in [0.2, 0.25) is 5.91 Å². The van der Waals surface area contributed by atoms with Crippen LogP contribution in [-0.2, 0) is 17.8 Å². The second-order valence-corrected chi connectivity index (χ2v) is 6.00. The maximum Gasteiger partial charge on any atom is 0.246 e. The van der Waals surface area contributed by atoms with Crippen LogP contribution < -0.4 is 4.74 Å². The van der Waals surface area contributed by atoms with E-state index in [4.69, 9.17) is 4.74 Å². The van der Waals surface area contributed by atoms with E-state index in [0.717, 1.165) is 30.7 Å². The van der Waals surface area contributed by atoms with E-state index in [-0.39, 0.29) is 5.91 Å². The fourth-order valence-electron chi connectivity index (χ4n) is 2.91. The highest BCUT2D eigenvalue weighted by atomic mass is 16.5. The monoisotopic (exact) mass is 321 g/mol. The van der Waals surface area contributed by atoms with E-state index in [1.54, 1.807) is 6.08 Å². The van der Waals surface area contributed by atoms with Crippen LogP contribution in [0.4, 0.5) is 0 Å². The number of ether oxygens (including phenoxy) is 1. The van der Waals surface area contributed by atoms with Crippen molar-refractivity contribution in [3.05, 3.63) is 71.3 Å². The molecule has 2 aromatic rings. The summed E-state index contributed by atoms with van der Waals surface area (Å²) < 4.78 is 5.73. The van der Waals surface area contributed by atoms with Gasteiger partial charge in [-0.05, 0) is 36.1 Å². The number of nitrogens with zero attached hydrogens (tertiary/aromatic N) is 1. The Kier molecular flexibility index (Phi) is 5.32. The molecule has 0 fully saturated rings. The van der Waals surface area contributed by atoms with Crippen LogP contribution in [0.25, 0.3) is 6.08 Å². The first-order valence-corrected chi connectivity index (χ1v) is 8.53. The molecule has 0 spiro atoms. The number of para-hydroxylation sites is 1. The smallest absolute Gasteiger partial charge is 0.246 e. The lowest BCUT2D eigenvalue weighted by molar-refractivity contribution is -0.126. The van der Waals surface area contributed by atoms with Gasteiger partial charge in [0, 0.05) is 24.7 Å². The molecule has 3 rings (SSSR count). The Bertz CT molecular complexity index is 736. The Labute approximate surface area is 143 Å². The van der Waals surface area contributed by atoms with Gasteiger partial charge < -0.3 is 9.64 Å². The molecule has 24 heavy (non-hydrogen) atoms. The van der Waals surface area contributed by atoms with Crippen molar-refractivity contribution in [1.29, 1.82) is 0 Å². The molecule has 1 heterocycles. The topological polar surface area (TPSA) is 29.5 Å². The summed E-state index contributed by atoms with van der Waals surface area (Å²) in [5, 5.41) is 0. The van der Waals surface area contributed by atoms with Crippen molar-refractivity contribution < 1.29 is 9.53 Å². The zero-order valence-electron chi connectivity index (χ0n) is 14.1. The molecule has 0 aliphatic carbocycles. The van der Waals surface area contributed by atoms with E-state index in [1.165, 1.54) is 11.1 Å². The van der Waals surface area contributed by atoms with E-state index in [9.17, 15) is 4.79 Å². The van der Waals surface area contributed by atoms with Crippen LogP contribution in [0.5, 0.6) is 5.75 Å². The van der Waals surface area contributed by atoms with Gasteiger partial charge >= 0.3 is 0 Å². The summed E-state index contributed by atoms with van der Waals surface area (Å²) in [5.74, 6) is 0.877. The SMILES string of the molecule is CCCOc1ccccc1/C=C/C(=O)N1CCc2ccccc2C1. The fraction of sp³-hybridized carbons (Fsp3) is 0.286. The minimum absolute atomic E-state index is 0.0507. The van der Waals surface area contributed by atoms with Gasteiger partial charge in [0.25, 0.3) is 0 Å². The zero-order valence-corrected chi connectivity index (χ0v) is 14.1. The normalized spacial score (nSPS) is 13.8. The summed E-state index contributed by atoms with van der Waals surface area (Å²) in [5.41, 5.74) is 3.54. The first-order valence-electron chi connectivity index (χ1n) is 8.53. The maximum absolute atomic E-state index is 12.5. The third kappa shape index (κ3) is 3.85. The van der Waals surface area contributed by atoms with Crippen molar-refractivity contribution in [2.45, 2.75) is 26.3 Å². The summed E-state index contributed by atoms with van der Waals surface area (Å²) in [6.45, 7) is 4.22. The van der Waals surface area contributed by atoms with Crippen molar-refractivity contribution in [2.24, 2.45) is 0 Å². The second-order valence-electron chi connectivity index (χ2n) is 6.00. The largest absolute Gasteiger partial charge is 0.493 e. The average molecular weight is 321 g/mol. The zero-order chi connectivity index (χ0) is 16.8. The first kappa shape index (κ1) is 16.3. The molecule has 3 nitrogen and oxygen atoms in total. The summed E-state index contributed by atoms with van der Waals surface area (Å²) in [4.78, 5) is 14.4. The lowest BCUT2D eigenvalue weighted by atomic mass is 10.00. The highest BCUT2D eigenvalue weighted by molar-refractivity contribution is 5.92. The molecule has 0 N–H and O–H groups in total. The quantitative estimate of drug-likeness (QED) is 0.777. The number of fused-ring (bicyclic) bond motifs is 1. The number of benzene rings is 2. The molecule has 2 aromatic carbocycles. The van der Waals surface area contributed by atoms with Gasteiger partial charge in [-0.2, -0.15) is 0 Å². The number of hydrogen-bond donors (Lipinski definition) is 0. The molecule has 1 amide bonds. The van der Waals surface area contributed by atoms with Gasteiger partial charge in [-0.1, -0.05) is 49.4 Å². The molecule has 3 heteroatoms. The average Bonchev–Trinajstić information content (AvgIpc) is 2.64. The predicted octanol–water partition coefficient (Wildman–Crippen LogP) is 4.07. The molecule has 1 aliphatic heterocycles. The molecular formula is C21H23NO2. The minimum Gasteiger partial charge on any atom is -0.493 e. The van der Waals surface area contributed by atoms with E-state index in [1.807, 2.05) is 41.3 Å². The summed E-state index contributed by atoms with van der Waals surface area (Å²) in [6, 6.07) is 16.2. The molecule has 0 radical (unpaired) electrons. The number of rotatable bonds is 5. The Morgan fingerprint density at radius 1 is 1.12 bits per heavy atom. The van der Waals surface area contributed by atoms with Crippen LogP contribution in [0.2, 0.25) is 0 Å². The molecule has 124 valence electrons. The van der Waals surface area contributed by atoms with Crippen LogP contribution in [0.3, 0.4) is 0 Å². The van der Waals surface area contributed by atoms with Gasteiger partial charge in [-0.3, -0.25) is 4.79 Å². The van der Waals surface area contributed by atoms with Crippen LogP contribution >= 0.6 is 0 Å². The van der Waals surface area contributed by atoms with Crippen LogP contribution in [0.15, 0.2) is 54.6 Å². The Balaban J connectivity index is 1.68. The number of carbonyl (C=O) groups excluding carboxylic acids is 1. The molecule has 0 saturated carbocycles. The molecule has 0 unspecified atom stereocenters. The van der Waals surface area contributed by atoms with Crippen molar-refractivity contribution in [3.63, 3.8) is 0 Å². The summed E-state index contributed by atoms with van der Waals surface area (Å²) >= 11 is 0. The molecule has 0 saturated heterocycles. The van der Waals surface area contributed by atoms with Crippen LogP contribution in [-0.4, -0.2) is 24.0 Å². The highest BCUT2D eigenvalue weighted by Crippen LogP contribution is 2.21. The van der Waals surface area contributed by atoms with Crippen molar-refractivity contribution in [2.75, 3.05) is 13.2 Å². The predicted molar refractivity (Wildman–Crippen MR) is 96.8 cm³/mol. The third-order valence-electron chi connectivity index (χ3n) is 4.23. The molecule has 1 aliphatic rings. The lowest BCUT2D eigenvalue weighted by Crippen LogP contribution is -2.34. The summed E-state index contributed by atoms with van der Waals surface area (Å²) in [7, 11) is 0. The van der Waals surface area contributed by atoms with Gasteiger partial charge in [-0.15, -0.1) is 0 Å². The highest BCUT2D eigenvalue weighted by Gasteiger charge is 2.18. The third-order valence-corrected chi connectivity index (χ3v) is 4.23. The maximum atomic E-state index is 12.5. The molecule has 0 aromatic heterocycles. The van der Waals surface area contributed by atoms with Crippen molar-refractivity contribution >= 4 is 12.0 Å². The van der Waals surface area contributed by atoms with Crippen LogP contribution in [0.1, 0.15) is 30.0 Å². The van der Waals surface area contributed by atoms with E-state index in [0.29, 0.717) is 13.2 Å². The van der Waals surface area contributed by atoms with Crippen molar-refractivity contribution in [1.82, 2.24) is 4.90 Å². The minimum atomic E-state index is 0.0507. The van der Waals surface area contributed by atoms with Gasteiger partial charge in [-0.25, -0.2) is 0 Å². The molecular weight excluding hydrogens is 298 g/mol. The second kappa shape index (κ2) is 7.82. The first-order chi connectivity index (χ1) is 11.8. The van der Waals surface area contributed by atoms with E-state index in [2.05, 4.69) is 25.1 Å². The lowest BCUT2D eigenvalue weighted by Gasteiger charge is -2.27. The standard InChI is InChI=1S/C21H23NO2/c1-2-15-24-20-10-6-5-8-18(20)11-12-21(23)22-14-13-17-7-3-4-9-19(17)16-22/h3-12H,2,13-16H2,1H3/b12-11+. The Morgan fingerprint density at radius 2 is 1.88 bits per heavy atom. The van der Waals surface area contributed by atoms with Crippen molar-refractivity contribution in [3.8, 4) is 5.75 Å². The van der Waals surface area contributed by atoms with E-state index < -0.39 is 0 Å². The van der Waals surface area contributed by atoms with Gasteiger partial charge in [0.05, 0.1) is 6.61 Å².